The minimum absolute atomic E-state index is 0.110. The molecule has 0 spiro atoms. The molecule has 0 aliphatic carbocycles. The Hall–Kier alpha value is -3.00. The third-order valence-corrected chi connectivity index (χ3v) is 6.95. The summed E-state index contributed by atoms with van der Waals surface area (Å²) in [5, 5.41) is 1.17. The van der Waals surface area contributed by atoms with Crippen LogP contribution in [0.4, 0.5) is 18.9 Å². The van der Waals surface area contributed by atoms with E-state index < -0.39 is 11.7 Å². The number of aromatic amines is 1. The van der Waals surface area contributed by atoms with Gasteiger partial charge >= 0.3 is 6.18 Å². The molecule has 1 amide bonds. The fraction of sp³-hybridized carbons (Fsp3) is 0.400. The number of halogens is 3. The van der Waals surface area contributed by atoms with Gasteiger partial charge in [-0.2, -0.15) is 13.2 Å². The van der Waals surface area contributed by atoms with Crippen molar-refractivity contribution >= 4 is 22.5 Å². The van der Waals surface area contributed by atoms with E-state index in [1.807, 2.05) is 28.9 Å². The lowest BCUT2D eigenvalue weighted by Crippen LogP contribution is -2.55. The van der Waals surface area contributed by atoms with Gasteiger partial charge < -0.3 is 14.8 Å². The number of anilines is 1. The van der Waals surface area contributed by atoms with Gasteiger partial charge in [-0.1, -0.05) is 24.3 Å². The van der Waals surface area contributed by atoms with E-state index in [-0.39, 0.29) is 11.9 Å². The van der Waals surface area contributed by atoms with Gasteiger partial charge in [-0.3, -0.25) is 9.69 Å². The van der Waals surface area contributed by atoms with Crippen LogP contribution < -0.4 is 4.90 Å². The summed E-state index contributed by atoms with van der Waals surface area (Å²) in [7, 11) is 0. The Morgan fingerprint density at radius 3 is 2.52 bits per heavy atom. The molecule has 0 unspecified atom stereocenters. The van der Waals surface area contributed by atoms with E-state index in [2.05, 4.69) is 22.0 Å². The molecule has 0 saturated carbocycles. The molecule has 2 aliphatic rings. The van der Waals surface area contributed by atoms with E-state index in [1.165, 1.54) is 28.8 Å². The number of amides is 1. The number of carbonyl (C=O) groups is 1. The molecular formula is C25H27F3N4O. The minimum atomic E-state index is -4.35. The summed E-state index contributed by atoms with van der Waals surface area (Å²) in [4.78, 5) is 22.8. The number of nitrogens with zero attached hydrogens (tertiary/aromatic N) is 3. The maximum atomic E-state index is 13.3. The van der Waals surface area contributed by atoms with Gasteiger partial charge in [0.1, 0.15) is 0 Å². The second-order valence-electron chi connectivity index (χ2n) is 8.88. The van der Waals surface area contributed by atoms with Crippen molar-refractivity contribution in [2.24, 2.45) is 0 Å². The first-order valence-corrected chi connectivity index (χ1v) is 11.3. The number of piperazine rings is 1. The van der Waals surface area contributed by atoms with E-state index in [4.69, 9.17) is 0 Å². The Balaban J connectivity index is 1.22. The number of H-pyrrole nitrogens is 1. The summed E-state index contributed by atoms with van der Waals surface area (Å²) < 4.78 is 39.2. The molecule has 0 radical (unpaired) electrons. The molecule has 2 aromatic carbocycles. The first-order valence-electron chi connectivity index (χ1n) is 11.3. The number of hydrogen-bond donors (Lipinski definition) is 1. The Morgan fingerprint density at radius 1 is 1.00 bits per heavy atom. The second kappa shape index (κ2) is 8.41. The van der Waals surface area contributed by atoms with Gasteiger partial charge in [0.05, 0.1) is 11.6 Å². The van der Waals surface area contributed by atoms with Crippen LogP contribution in [-0.2, 0) is 23.9 Å². The molecule has 8 heteroatoms. The second-order valence-corrected chi connectivity index (χ2v) is 8.88. The van der Waals surface area contributed by atoms with Crippen LogP contribution >= 0.6 is 0 Å². The number of aromatic nitrogens is 1. The predicted octanol–water partition coefficient (Wildman–Crippen LogP) is 4.28. The average Bonchev–Trinajstić information content (AvgIpc) is 3.21. The number of benzene rings is 2. The maximum Gasteiger partial charge on any atom is 0.416 e. The molecule has 33 heavy (non-hydrogen) atoms. The van der Waals surface area contributed by atoms with E-state index in [9.17, 15) is 18.0 Å². The lowest BCUT2D eigenvalue weighted by Gasteiger charge is -2.40. The van der Waals surface area contributed by atoms with Crippen LogP contribution in [0, 0.1) is 0 Å². The lowest BCUT2D eigenvalue weighted by molar-refractivity contribution is -0.138. The molecule has 1 saturated heterocycles. The zero-order valence-corrected chi connectivity index (χ0v) is 18.5. The predicted molar refractivity (Wildman–Crippen MR) is 122 cm³/mol. The van der Waals surface area contributed by atoms with E-state index in [0.717, 1.165) is 18.0 Å². The van der Waals surface area contributed by atoms with Crippen molar-refractivity contribution in [2.45, 2.75) is 32.1 Å². The van der Waals surface area contributed by atoms with Crippen molar-refractivity contribution in [3.05, 3.63) is 65.4 Å². The monoisotopic (exact) mass is 456 g/mol. The molecule has 5 nitrogen and oxygen atoms in total. The standard InChI is InChI=1S/C25H27F3N4O/c1-17(24(33)32-10-9-23-21(16-32)20-7-2-3-8-22(20)29-23)30-11-13-31(14-12-30)19-6-4-5-18(15-19)25(26,27)28/h2-8,15,17,29H,9-14,16H2,1H3/t17-/m0/s1. The number of carbonyl (C=O) groups excluding carboxylic acids is 1. The van der Waals surface area contributed by atoms with E-state index >= 15 is 0 Å². The van der Waals surface area contributed by atoms with Gasteiger partial charge in [0.2, 0.25) is 5.91 Å². The summed E-state index contributed by atoms with van der Waals surface area (Å²) in [5.41, 5.74) is 3.46. The Labute approximate surface area is 190 Å². The first kappa shape index (κ1) is 21.8. The van der Waals surface area contributed by atoms with Crippen LogP contribution in [0.1, 0.15) is 23.7 Å². The molecule has 5 rings (SSSR count). The highest BCUT2D eigenvalue weighted by atomic mass is 19.4. The largest absolute Gasteiger partial charge is 0.416 e. The van der Waals surface area contributed by atoms with Gasteiger partial charge in [-0.25, -0.2) is 0 Å². The van der Waals surface area contributed by atoms with Crippen LogP contribution in [0.5, 0.6) is 0 Å². The first-order chi connectivity index (χ1) is 15.8. The van der Waals surface area contributed by atoms with Gasteiger partial charge in [0.15, 0.2) is 0 Å². The summed E-state index contributed by atoms with van der Waals surface area (Å²) in [6.07, 6.45) is -3.54. The number of hydrogen-bond acceptors (Lipinski definition) is 3. The van der Waals surface area contributed by atoms with Crippen LogP contribution in [0.2, 0.25) is 0 Å². The Morgan fingerprint density at radius 2 is 1.76 bits per heavy atom. The smallest absolute Gasteiger partial charge is 0.369 e. The number of fused-ring (bicyclic) bond motifs is 3. The van der Waals surface area contributed by atoms with Crippen molar-refractivity contribution in [3.8, 4) is 0 Å². The average molecular weight is 457 g/mol. The van der Waals surface area contributed by atoms with Gasteiger partial charge in [-0.05, 0) is 31.2 Å². The van der Waals surface area contributed by atoms with Crippen molar-refractivity contribution in [1.29, 1.82) is 0 Å². The molecule has 1 atom stereocenters. The summed E-state index contributed by atoms with van der Waals surface area (Å²) >= 11 is 0. The van der Waals surface area contributed by atoms with Crippen molar-refractivity contribution in [3.63, 3.8) is 0 Å². The van der Waals surface area contributed by atoms with Crippen molar-refractivity contribution < 1.29 is 18.0 Å². The third-order valence-electron chi connectivity index (χ3n) is 6.95. The molecule has 1 fully saturated rings. The Kier molecular flexibility index (Phi) is 5.56. The number of alkyl halides is 3. The van der Waals surface area contributed by atoms with Crippen molar-refractivity contribution in [2.75, 3.05) is 37.6 Å². The van der Waals surface area contributed by atoms with Gasteiger partial charge in [0.25, 0.3) is 0 Å². The molecule has 3 heterocycles. The zero-order chi connectivity index (χ0) is 23.2. The fourth-order valence-corrected chi connectivity index (χ4v) is 5.02. The van der Waals surface area contributed by atoms with Crippen molar-refractivity contribution in [1.82, 2.24) is 14.8 Å². The highest BCUT2D eigenvalue weighted by Crippen LogP contribution is 2.32. The molecule has 1 aromatic heterocycles. The lowest BCUT2D eigenvalue weighted by atomic mass is 10.0. The molecule has 1 N–H and O–H groups in total. The SMILES string of the molecule is C[C@@H](C(=O)N1CCc2[nH]c3ccccc3c2C1)N1CCN(c2cccc(C(F)(F)F)c2)CC1. The highest BCUT2D eigenvalue weighted by molar-refractivity contribution is 5.87. The summed E-state index contributed by atoms with van der Waals surface area (Å²) in [5.74, 6) is 0.110. The van der Waals surface area contributed by atoms with Crippen LogP contribution in [0.15, 0.2) is 48.5 Å². The molecule has 2 aliphatic heterocycles. The minimum Gasteiger partial charge on any atom is -0.369 e. The topological polar surface area (TPSA) is 42.6 Å². The molecular weight excluding hydrogens is 429 g/mol. The van der Waals surface area contributed by atoms with E-state index in [1.54, 1.807) is 6.07 Å². The van der Waals surface area contributed by atoms with Crippen LogP contribution in [0.3, 0.4) is 0 Å². The Bertz CT molecular complexity index is 1160. The van der Waals surface area contributed by atoms with Crippen LogP contribution in [-0.4, -0.2) is 59.5 Å². The zero-order valence-electron chi connectivity index (χ0n) is 18.5. The highest BCUT2D eigenvalue weighted by Gasteiger charge is 2.33. The van der Waals surface area contributed by atoms with Gasteiger partial charge in [0, 0.05) is 73.5 Å². The summed E-state index contributed by atoms with van der Waals surface area (Å²) in [6.45, 7) is 5.68. The summed E-state index contributed by atoms with van der Waals surface area (Å²) in [6, 6.07) is 13.4. The molecule has 0 bridgehead atoms. The van der Waals surface area contributed by atoms with Gasteiger partial charge in [-0.15, -0.1) is 0 Å². The van der Waals surface area contributed by atoms with Crippen LogP contribution in [0.25, 0.3) is 10.9 Å². The normalized spacial score (nSPS) is 18.4. The fourth-order valence-electron chi connectivity index (χ4n) is 5.02. The molecule has 3 aromatic rings. The molecule has 174 valence electrons. The number of rotatable bonds is 3. The number of para-hydroxylation sites is 1. The number of nitrogens with one attached hydrogen (secondary N) is 1. The maximum absolute atomic E-state index is 13.3. The third kappa shape index (κ3) is 4.19. The quantitative estimate of drug-likeness (QED) is 0.640. The van der Waals surface area contributed by atoms with E-state index in [0.29, 0.717) is 45.0 Å².